The zero-order chi connectivity index (χ0) is 26.5. The van der Waals surface area contributed by atoms with Gasteiger partial charge >= 0.3 is 5.97 Å². The fourth-order valence-corrected chi connectivity index (χ4v) is 7.60. The molecular weight excluding hydrogens is 552 g/mol. The van der Waals surface area contributed by atoms with Crippen molar-refractivity contribution in [1.29, 1.82) is 0 Å². The number of rotatable bonds is 9. The van der Waals surface area contributed by atoms with Crippen molar-refractivity contribution in [3.63, 3.8) is 0 Å². The smallest absolute Gasteiger partial charge is 0.310 e. The van der Waals surface area contributed by atoms with Crippen molar-refractivity contribution in [2.75, 3.05) is 18.1 Å². The van der Waals surface area contributed by atoms with E-state index in [2.05, 4.69) is 22.5 Å². The SMILES string of the molecule is C=CCN(C(=O)C1N([C@@H](CO)[C@@H](C)CC)C(=O)[C@@H]2[C@H](C(=O)O)[C@H]3OC12CC3Br)c1c(C)cccc1Cl. The number of fused-ring (bicyclic) bond motifs is 1. The number of carboxylic acid groups (broad SMARTS) is 1. The van der Waals surface area contributed by atoms with E-state index in [1.807, 2.05) is 26.8 Å². The lowest BCUT2D eigenvalue weighted by atomic mass is 9.70. The molecule has 2 bridgehead atoms. The number of likely N-dealkylation sites (tertiary alicyclic amines) is 1. The topological polar surface area (TPSA) is 107 Å². The molecule has 1 aromatic carbocycles. The lowest BCUT2D eigenvalue weighted by molar-refractivity contribution is -0.151. The summed E-state index contributed by atoms with van der Waals surface area (Å²) >= 11 is 10.1. The second-order valence-electron chi connectivity index (χ2n) is 10.0. The molecule has 2 amide bonds. The number of anilines is 1. The average Bonchev–Trinajstić information content (AvgIpc) is 3.42. The monoisotopic (exact) mass is 582 g/mol. The third-order valence-corrected chi connectivity index (χ3v) is 9.28. The second kappa shape index (κ2) is 10.1. The third-order valence-electron chi connectivity index (χ3n) is 8.13. The summed E-state index contributed by atoms with van der Waals surface area (Å²) in [5.41, 5.74) is -0.0780. The molecule has 1 spiro atoms. The number of para-hydroxylation sites is 1. The molecule has 0 aromatic heterocycles. The van der Waals surface area contributed by atoms with Gasteiger partial charge in [-0.3, -0.25) is 14.4 Å². The summed E-state index contributed by atoms with van der Waals surface area (Å²) in [6.07, 6.45) is 1.79. The van der Waals surface area contributed by atoms with Crippen molar-refractivity contribution in [1.82, 2.24) is 4.90 Å². The summed E-state index contributed by atoms with van der Waals surface area (Å²) in [5, 5.41) is 20.8. The van der Waals surface area contributed by atoms with Gasteiger partial charge in [0, 0.05) is 11.4 Å². The van der Waals surface area contributed by atoms with E-state index in [0.717, 1.165) is 5.56 Å². The average molecular weight is 584 g/mol. The number of amides is 2. The zero-order valence-corrected chi connectivity index (χ0v) is 22.9. The van der Waals surface area contributed by atoms with Crippen LogP contribution in [-0.4, -0.2) is 74.7 Å². The Kier molecular flexibility index (Phi) is 7.59. The lowest BCUT2D eigenvalue weighted by Crippen LogP contribution is -2.60. The Morgan fingerprint density at radius 2 is 2.14 bits per heavy atom. The first kappa shape index (κ1) is 27.1. The minimum absolute atomic E-state index is 0.124. The van der Waals surface area contributed by atoms with Gasteiger partial charge in [0.05, 0.1) is 41.3 Å². The van der Waals surface area contributed by atoms with Crippen LogP contribution in [0, 0.1) is 24.7 Å². The molecule has 3 heterocycles. The number of carbonyl (C=O) groups excluding carboxylic acids is 2. The fourth-order valence-electron chi connectivity index (χ4n) is 6.33. The largest absolute Gasteiger partial charge is 0.481 e. The summed E-state index contributed by atoms with van der Waals surface area (Å²) in [7, 11) is 0. The number of aryl methyl sites for hydroxylation is 1. The Hall–Kier alpha value is -1.94. The van der Waals surface area contributed by atoms with Crippen LogP contribution in [0.3, 0.4) is 0 Å². The summed E-state index contributed by atoms with van der Waals surface area (Å²) in [4.78, 5) is 43.5. The predicted octanol–water partition coefficient (Wildman–Crippen LogP) is 3.41. The maximum absolute atomic E-state index is 14.5. The predicted molar refractivity (Wildman–Crippen MR) is 139 cm³/mol. The van der Waals surface area contributed by atoms with Gasteiger partial charge in [0.15, 0.2) is 0 Å². The molecule has 0 aliphatic carbocycles. The van der Waals surface area contributed by atoms with E-state index >= 15 is 0 Å². The van der Waals surface area contributed by atoms with Gasteiger partial charge in [0.2, 0.25) is 5.91 Å². The van der Waals surface area contributed by atoms with Gasteiger partial charge < -0.3 is 24.7 Å². The Morgan fingerprint density at radius 1 is 1.44 bits per heavy atom. The highest BCUT2D eigenvalue weighted by molar-refractivity contribution is 9.09. The van der Waals surface area contributed by atoms with Gasteiger partial charge in [-0.2, -0.15) is 0 Å². The molecule has 10 heteroatoms. The molecule has 4 rings (SSSR count). The molecule has 3 unspecified atom stereocenters. The molecule has 196 valence electrons. The van der Waals surface area contributed by atoms with Crippen molar-refractivity contribution >= 4 is 51.0 Å². The van der Waals surface area contributed by atoms with Crippen molar-refractivity contribution in [2.24, 2.45) is 17.8 Å². The first-order chi connectivity index (χ1) is 17.0. The van der Waals surface area contributed by atoms with E-state index in [9.17, 15) is 24.6 Å². The van der Waals surface area contributed by atoms with Gasteiger partial charge in [-0.05, 0) is 30.9 Å². The molecule has 3 aliphatic rings. The quantitative estimate of drug-likeness (QED) is 0.341. The Morgan fingerprint density at radius 3 is 2.69 bits per heavy atom. The van der Waals surface area contributed by atoms with E-state index in [4.69, 9.17) is 16.3 Å². The van der Waals surface area contributed by atoms with Crippen LogP contribution in [0.25, 0.3) is 0 Å². The first-order valence-corrected chi connectivity index (χ1v) is 13.5. The first-order valence-electron chi connectivity index (χ1n) is 12.2. The van der Waals surface area contributed by atoms with Gasteiger partial charge in [-0.15, -0.1) is 6.58 Å². The van der Waals surface area contributed by atoms with Crippen LogP contribution in [0.15, 0.2) is 30.9 Å². The molecule has 2 N–H and O–H groups in total. The normalized spacial score (nSPS) is 32.3. The Bertz CT molecular complexity index is 1060. The molecule has 3 fully saturated rings. The number of carboxylic acids is 1. The molecule has 8 atom stereocenters. The minimum atomic E-state index is -1.34. The van der Waals surface area contributed by atoms with Gasteiger partial charge in [0.25, 0.3) is 5.91 Å². The highest BCUT2D eigenvalue weighted by atomic mass is 79.9. The number of hydrogen-bond acceptors (Lipinski definition) is 5. The standard InChI is InChI=1S/C26H32BrClN2O6/c1-5-10-29(20-14(4)8-7-9-16(20)28)24(33)22-26-11-15(27)21(36-26)18(25(34)35)19(26)23(32)30(22)17(12-31)13(3)6-2/h5,7-9,13,15,17-19,21-22,31H,1,6,10-12H2,2-4H3,(H,34,35)/t13-,15?,17-,18-,19-,21-,22?,26?/m0/s1. The minimum Gasteiger partial charge on any atom is -0.481 e. The number of halogens is 2. The number of alkyl halides is 1. The number of aliphatic carboxylic acids is 1. The number of aliphatic hydroxyl groups excluding tert-OH is 1. The van der Waals surface area contributed by atoms with Gasteiger partial charge in [-0.25, -0.2) is 0 Å². The molecule has 3 aliphatic heterocycles. The summed E-state index contributed by atoms with van der Waals surface area (Å²) < 4.78 is 6.36. The molecule has 8 nitrogen and oxygen atoms in total. The maximum Gasteiger partial charge on any atom is 0.310 e. The van der Waals surface area contributed by atoms with Crippen molar-refractivity contribution in [3.8, 4) is 0 Å². The Balaban J connectivity index is 1.91. The van der Waals surface area contributed by atoms with E-state index in [1.165, 1.54) is 9.80 Å². The van der Waals surface area contributed by atoms with E-state index < -0.39 is 53.4 Å². The van der Waals surface area contributed by atoms with Gasteiger partial charge in [0.1, 0.15) is 11.6 Å². The number of hydrogen-bond donors (Lipinski definition) is 2. The molecule has 36 heavy (non-hydrogen) atoms. The number of ether oxygens (including phenoxy) is 1. The molecule has 3 saturated heterocycles. The van der Waals surface area contributed by atoms with Crippen LogP contribution in [0.1, 0.15) is 32.3 Å². The van der Waals surface area contributed by atoms with E-state index in [-0.39, 0.29) is 23.9 Å². The lowest BCUT2D eigenvalue weighted by Gasteiger charge is -2.41. The number of carbonyl (C=O) groups is 3. The Labute approximate surface area is 224 Å². The highest BCUT2D eigenvalue weighted by Crippen LogP contribution is 2.61. The fraction of sp³-hybridized carbons (Fsp3) is 0.577. The van der Waals surface area contributed by atoms with Crippen molar-refractivity contribution < 1.29 is 29.3 Å². The summed E-state index contributed by atoms with van der Waals surface area (Å²) in [6.45, 7) is 9.25. The maximum atomic E-state index is 14.5. The zero-order valence-electron chi connectivity index (χ0n) is 20.6. The van der Waals surface area contributed by atoms with Crippen molar-refractivity contribution in [2.45, 2.75) is 62.2 Å². The third kappa shape index (κ3) is 3.90. The van der Waals surface area contributed by atoms with Crippen molar-refractivity contribution in [3.05, 3.63) is 41.4 Å². The molecule has 1 aromatic rings. The summed E-state index contributed by atoms with van der Waals surface area (Å²) in [6, 6.07) is 3.50. The second-order valence-corrected chi connectivity index (χ2v) is 11.6. The van der Waals surface area contributed by atoms with Crippen LogP contribution in [0.4, 0.5) is 5.69 Å². The van der Waals surface area contributed by atoms with E-state index in [0.29, 0.717) is 23.6 Å². The number of aliphatic hydroxyl groups is 1. The van der Waals surface area contributed by atoms with Crippen LogP contribution in [0.5, 0.6) is 0 Å². The summed E-state index contributed by atoms with van der Waals surface area (Å²) in [5.74, 6) is -4.29. The van der Waals surface area contributed by atoms with Gasteiger partial charge in [-0.1, -0.05) is 66.0 Å². The molecule has 0 saturated carbocycles. The number of benzene rings is 1. The van der Waals surface area contributed by atoms with E-state index in [1.54, 1.807) is 18.2 Å². The number of nitrogens with zero attached hydrogens (tertiary/aromatic N) is 2. The van der Waals surface area contributed by atoms with Crippen LogP contribution >= 0.6 is 27.5 Å². The van der Waals surface area contributed by atoms with Crippen LogP contribution in [-0.2, 0) is 19.1 Å². The van der Waals surface area contributed by atoms with Crippen LogP contribution < -0.4 is 4.90 Å². The molecule has 0 radical (unpaired) electrons. The molecular formula is C26H32BrClN2O6. The van der Waals surface area contributed by atoms with Crippen LogP contribution in [0.2, 0.25) is 5.02 Å². The highest BCUT2D eigenvalue weighted by Gasteiger charge is 2.77.